The number of nitrogens with zero attached hydrogens (tertiary/aromatic N) is 3. The first-order valence-electron chi connectivity index (χ1n) is 11.1. The number of hydrogen-bond acceptors (Lipinski definition) is 6. The number of rotatable bonds is 7. The minimum atomic E-state index is -0.0509. The Morgan fingerprint density at radius 3 is 2.39 bits per heavy atom. The van der Waals surface area contributed by atoms with Crippen molar-refractivity contribution < 1.29 is 9.59 Å². The number of carbonyl (C=O) groups excluding carboxylic acids is 2. The van der Waals surface area contributed by atoms with Gasteiger partial charge in [-0.2, -0.15) is 0 Å². The Morgan fingerprint density at radius 1 is 1.03 bits per heavy atom. The summed E-state index contributed by atoms with van der Waals surface area (Å²) in [6.07, 6.45) is 0. The van der Waals surface area contributed by atoms with E-state index in [9.17, 15) is 9.59 Å². The van der Waals surface area contributed by atoms with Crippen LogP contribution in [0.25, 0.3) is 11.3 Å². The Kier molecular flexibility index (Phi) is 7.67. The van der Waals surface area contributed by atoms with Gasteiger partial charge in [0, 0.05) is 54.4 Å². The third-order valence-corrected chi connectivity index (χ3v) is 7.50. The van der Waals surface area contributed by atoms with E-state index in [-0.39, 0.29) is 17.7 Å². The molecule has 1 N–H and O–H groups in total. The SMILES string of the molecule is CC(C)C(=O)N1CCN(c2ccc(NC(=O)CSc3nc(-c4ccccc4)cs3)cc2)CC1. The van der Waals surface area contributed by atoms with Crippen LogP contribution in [-0.2, 0) is 9.59 Å². The smallest absolute Gasteiger partial charge is 0.234 e. The van der Waals surface area contributed by atoms with Crippen LogP contribution in [0.15, 0.2) is 64.3 Å². The standard InChI is InChI=1S/C25H28N4O2S2/c1-18(2)24(31)29-14-12-28(13-15-29)21-10-8-20(9-11-21)26-23(30)17-33-25-27-22(16-32-25)19-6-4-3-5-7-19/h3-11,16,18H,12-15,17H2,1-2H3,(H,26,30). The maximum absolute atomic E-state index is 12.4. The predicted molar refractivity (Wildman–Crippen MR) is 137 cm³/mol. The average molecular weight is 481 g/mol. The second kappa shape index (κ2) is 10.9. The van der Waals surface area contributed by atoms with Gasteiger partial charge in [-0.25, -0.2) is 4.98 Å². The van der Waals surface area contributed by atoms with Crippen molar-refractivity contribution in [1.82, 2.24) is 9.88 Å². The number of nitrogens with one attached hydrogen (secondary N) is 1. The van der Waals surface area contributed by atoms with Gasteiger partial charge in [0.15, 0.2) is 4.34 Å². The van der Waals surface area contributed by atoms with Crippen LogP contribution >= 0.6 is 23.1 Å². The molecule has 2 amide bonds. The van der Waals surface area contributed by atoms with Crippen LogP contribution < -0.4 is 10.2 Å². The molecule has 2 aromatic carbocycles. The van der Waals surface area contributed by atoms with E-state index < -0.39 is 0 Å². The van der Waals surface area contributed by atoms with Crippen molar-refractivity contribution in [3.8, 4) is 11.3 Å². The van der Waals surface area contributed by atoms with E-state index in [1.165, 1.54) is 11.8 Å². The van der Waals surface area contributed by atoms with Crippen LogP contribution in [0, 0.1) is 5.92 Å². The van der Waals surface area contributed by atoms with Crippen molar-refractivity contribution in [2.75, 3.05) is 42.1 Å². The maximum Gasteiger partial charge on any atom is 0.234 e. The number of benzene rings is 2. The van der Waals surface area contributed by atoms with Gasteiger partial charge in [-0.1, -0.05) is 55.9 Å². The molecule has 172 valence electrons. The Balaban J connectivity index is 1.24. The fourth-order valence-corrected chi connectivity index (χ4v) is 5.33. The van der Waals surface area contributed by atoms with Crippen LogP contribution in [0.4, 0.5) is 11.4 Å². The van der Waals surface area contributed by atoms with Gasteiger partial charge < -0.3 is 15.1 Å². The van der Waals surface area contributed by atoms with Crippen molar-refractivity contribution in [3.63, 3.8) is 0 Å². The molecule has 1 aliphatic heterocycles. The van der Waals surface area contributed by atoms with Crippen LogP contribution in [0.2, 0.25) is 0 Å². The van der Waals surface area contributed by atoms with Crippen molar-refractivity contribution in [2.45, 2.75) is 18.2 Å². The molecule has 2 heterocycles. The van der Waals surface area contributed by atoms with Crippen molar-refractivity contribution >= 4 is 46.3 Å². The summed E-state index contributed by atoms with van der Waals surface area (Å²) in [4.78, 5) is 33.4. The fraction of sp³-hybridized carbons (Fsp3) is 0.320. The van der Waals surface area contributed by atoms with Gasteiger partial charge >= 0.3 is 0 Å². The summed E-state index contributed by atoms with van der Waals surface area (Å²) in [5.41, 5.74) is 3.91. The van der Waals surface area contributed by atoms with Crippen LogP contribution in [0.5, 0.6) is 0 Å². The normalized spacial score (nSPS) is 13.9. The molecule has 8 heteroatoms. The molecule has 0 atom stereocenters. The summed E-state index contributed by atoms with van der Waals surface area (Å²) in [7, 11) is 0. The molecular weight excluding hydrogens is 452 g/mol. The molecule has 0 unspecified atom stereocenters. The van der Waals surface area contributed by atoms with Gasteiger partial charge in [-0.05, 0) is 24.3 Å². The van der Waals surface area contributed by atoms with Crippen LogP contribution in [0.1, 0.15) is 13.8 Å². The molecule has 0 saturated carbocycles. The lowest BCUT2D eigenvalue weighted by molar-refractivity contribution is -0.134. The quantitative estimate of drug-likeness (QED) is 0.490. The molecular formula is C25H28N4O2S2. The summed E-state index contributed by atoms with van der Waals surface area (Å²) < 4.78 is 0.884. The molecule has 33 heavy (non-hydrogen) atoms. The van der Waals surface area contributed by atoms with E-state index >= 15 is 0 Å². The molecule has 0 bridgehead atoms. The molecule has 1 aliphatic rings. The lowest BCUT2D eigenvalue weighted by Crippen LogP contribution is -2.49. The highest BCUT2D eigenvalue weighted by Crippen LogP contribution is 2.28. The summed E-state index contributed by atoms with van der Waals surface area (Å²) in [5, 5.41) is 4.98. The molecule has 3 aromatic rings. The average Bonchev–Trinajstić information content (AvgIpc) is 3.33. The molecule has 6 nitrogen and oxygen atoms in total. The van der Waals surface area contributed by atoms with Crippen molar-refractivity contribution in [1.29, 1.82) is 0 Å². The Morgan fingerprint density at radius 2 is 1.73 bits per heavy atom. The van der Waals surface area contributed by atoms with E-state index in [0.29, 0.717) is 5.75 Å². The van der Waals surface area contributed by atoms with Gasteiger partial charge in [0.05, 0.1) is 11.4 Å². The monoisotopic (exact) mass is 480 g/mol. The number of piperazine rings is 1. The zero-order chi connectivity index (χ0) is 23.2. The summed E-state index contributed by atoms with van der Waals surface area (Å²) in [6, 6.07) is 17.9. The fourth-order valence-electron chi connectivity index (χ4n) is 3.70. The highest BCUT2D eigenvalue weighted by molar-refractivity contribution is 8.01. The molecule has 4 rings (SSSR count). The van der Waals surface area contributed by atoms with Gasteiger partial charge in [-0.15, -0.1) is 11.3 Å². The second-order valence-electron chi connectivity index (χ2n) is 8.22. The molecule has 1 saturated heterocycles. The van der Waals surface area contributed by atoms with E-state index in [2.05, 4.69) is 15.2 Å². The highest BCUT2D eigenvalue weighted by atomic mass is 32.2. The largest absolute Gasteiger partial charge is 0.368 e. The van der Waals surface area contributed by atoms with E-state index in [1.54, 1.807) is 11.3 Å². The van der Waals surface area contributed by atoms with Crippen LogP contribution in [-0.4, -0.2) is 53.6 Å². The van der Waals surface area contributed by atoms with Crippen molar-refractivity contribution in [2.24, 2.45) is 5.92 Å². The maximum atomic E-state index is 12.4. The lowest BCUT2D eigenvalue weighted by Gasteiger charge is -2.37. The van der Waals surface area contributed by atoms with E-state index in [4.69, 9.17) is 0 Å². The summed E-state index contributed by atoms with van der Waals surface area (Å²) in [6.45, 7) is 7.02. The number of hydrogen-bond donors (Lipinski definition) is 1. The second-order valence-corrected chi connectivity index (χ2v) is 10.3. The lowest BCUT2D eigenvalue weighted by atomic mass is 10.1. The number of carbonyl (C=O) groups is 2. The zero-order valence-electron chi connectivity index (χ0n) is 18.9. The van der Waals surface area contributed by atoms with Crippen LogP contribution in [0.3, 0.4) is 0 Å². The third kappa shape index (κ3) is 6.15. The number of thioether (sulfide) groups is 1. The molecule has 0 aliphatic carbocycles. The topological polar surface area (TPSA) is 65.5 Å². The molecule has 1 fully saturated rings. The number of anilines is 2. The first-order chi connectivity index (χ1) is 16.0. The molecule has 0 radical (unpaired) electrons. The molecule has 0 spiro atoms. The number of thiazole rings is 1. The summed E-state index contributed by atoms with van der Waals surface area (Å²) >= 11 is 3.00. The minimum absolute atomic E-state index is 0.0409. The summed E-state index contributed by atoms with van der Waals surface area (Å²) in [5.74, 6) is 0.527. The number of aromatic nitrogens is 1. The zero-order valence-corrected chi connectivity index (χ0v) is 20.5. The highest BCUT2D eigenvalue weighted by Gasteiger charge is 2.22. The number of amides is 2. The first kappa shape index (κ1) is 23.3. The van der Waals surface area contributed by atoms with Gasteiger partial charge in [0.25, 0.3) is 0 Å². The molecule has 1 aromatic heterocycles. The van der Waals surface area contributed by atoms with Gasteiger partial charge in [-0.3, -0.25) is 9.59 Å². The Hall–Kier alpha value is -2.84. The van der Waals surface area contributed by atoms with Gasteiger partial charge in [0.1, 0.15) is 0 Å². The van der Waals surface area contributed by atoms with E-state index in [0.717, 1.165) is 53.2 Å². The minimum Gasteiger partial charge on any atom is -0.368 e. The Labute approximate surface area is 203 Å². The third-order valence-electron chi connectivity index (χ3n) is 5.48. The Bertz CT molecular complexity index is 1080. The predicted octanol–water partition coefficient (Wildman–Crippen LogP) is 4.85. The van der Waals surface area contributed by atoms with Crippen molar-refractivity contribution in [3.05, 3.63) is 60.0 Å². The van der Waals surface area contributed by atoms with Gasteiger partial charge in [0.2, 0.25) is 11.8 Å². The van der Waals surface area contributed by atoms with E-state index in [1.807, 2.05) is 78.7 Å². The first-order valence-corrected chi connectivity index (χ1v) is 12.9.